The van der Waals surface area contributed by atoms with Gasteiger partial charge in [-0.05, 0) is 43.5 Å². The quantitative estimate of drug-likeness (QED) is 0.712. The molecule has 1 heterocycles. The van der Waals surface area contributed by atoms with Gasteiger partial charge in [0.1, 0.15) is 5.75 Å². The van der Waals surface area contributed by atoms with E-state index in [1.807, 2.05) is 18.2 Å². The minimum atomic E-state index is -0.371. The summed E-state index contributed by atoms with van der Waals surface area (Å²) in [7, 11) is 1.68. The molecule has 1 saturated heterocycles. The van der Waals surface area contributed by atoms with Gasteiger partial charge in [-0.25, -0.2) is 0 Å². The first-order valence-electron chi connectivity index (χ1n) is 9.60. The topological polar surface area (TPSA) is 53.6 Å². The van der Waals surface area contributed by atoms with E-state index in [1.165, 1.54) is 0 Å². The molecule has 0 radical (unpaired) electrons. The van der Waals surface area contributed by atoms with E-state index in [1.54, 1.807) is 7.11 Å². The number of carbonyl (C=O) groups is 1. The smallest absolute Gasteiger partial charge is 0.230 e. The number of amides is 1. The molecule has 26 heavy (non-hydrogen) atoms. The Balaban J connectivity index is 0.00000243. The highest BCUT2D eigenvalue weighted by molar-refractivity contribution is 5.88. The van der Waals surface area contributed by atoms with Crippen molar-refractivity contribution in [1.82, 2.24) is 15.5 Å². The summed E-state index contributed by atoms with van der Waals surface area (Å²) in [6.07, 6.45) is 5.12. The normalized spacial score (nSPS) is 19.6. The molecule has 2 aliphatic rings. The van der Waals surface area contributed by atoms with Crippen LogP contribution in [0, 0.1) is 0 Å². The summed E-state index contributed by atoms with van der Waals surface area (Å²) in [5.74, 6) is 1.02. The van der Waals surface area contributed by atoms with Gasteiger partial charge in [-0.2, -0.15) is 0 Å². The molecular formula is C20H32ClN3O2. The second-order valence-electron chi connectivity index (χ2n) is 7.22. The summed E-state index contributed by atoms with van der Waals surface area (Å²) < 4.78 is 5.36. The van der Waals surface area contributed by atoms with Crippen LogP contribution in [0.1, 0.15) is 37.7 Å². The summed E-state index contributed by atoms with van der Waals surface area (Å²) in [6, 6.07) is 8.04. The lowest BCUT2D eigenvalue weighted by atomic mass is 9.78. The number of carbonyl (C=O) groups excluding carboxylic acids is 1. The summed E-state index contributed by atoms with van der Waals surface area (Å²) >= 11 is 0. The van der Waals surface area contributed by atoms with Gasteiger partial charge in [0.05, 0.1) is 12.5 Å². The van der Waals surface area contributed by atoms with Gasteiger partial charge >= 0.3 is 0 Å². The number of hydrogen-bond donors (Lipinski definition) is 2. The SMILES string of the molecule is COc1cccc(C2(C(=O)NCCCN3CCNCC3)CCCC2)c1.Cl. The highest BCUT2D eigenvalue weighted by atomic mass is 35.5. The van der Waals surface area contributed by atoms with Gasteiger partial charge in [0, 0.05) is 32.7 Å². The molecule has 1 saturated carbocycles. The zero-order chi connectivity index (χ0) is 17.5. The van der Waals surface area contributed by atoms with Crippen LogP contribution in [0.3, 0.4) is 0 Å². The Hall–Kier alpha value is -1.30. The van der Waals surface area contributed by atoms with Crippen LogP contribution in [0.2, 0.25) is 0 Å². The first kappa shape index (κ1) is 21.0. The van der Waals surface area contributed by atoms with Crippen LogP contribution in [-0.2, 0) is 10.2 Å². The third-order valence-corrected chi connectivity index (χ3v) is 5.66. The Kier molecular flexibility index (Phi) is 8.19. The van der Waals surface area contributed by atoms with E-state index in [-0.39, 0.29) is 23.7 Å². The average molecular weight is 382 g/mol. The van der Waals surface area contributed by atoms with Gasteiger partial charge in [-0.3, -0.25) is 4.79 Å². The van der Waals surface area contributed by atoms with Crippen molar-refractivity contribution in [3.05, 3.63) is 29.8 Å². The lowest BCUT2D eigenvalue weighted by Gasteiger charge is -2.29. The van der Waals surface area contributed by atoms with E-state index in [2.05, 4.69) is 21.6 Å². The summed E-state index contributed by atoms with van der Waals surface area (Å²) in [6.45, 7) is 6.20. The number of benzene rings is 1. The second-order valence-corrected chi connectivity index (χ2v) is 7.22. The minimum Gasteiger partial charge on any atom is -0.497 e. The zero-order valence-electron chi connectivity index (χ0n) is 15.8. The summed E-state index contributed by atoms with van der Waals surface area (Å²) in [5, 5.41) is 6.59. The van der Waals surface area contributed by atoms with Gasteiger partial charge in [0.15, 0.2) is 0 Å². The molecule has 0 atom stereocenters. The highest BCUT2D eigenvalue weighted by Crippen LogP contribution is 2.42. The number of hydrogen-bond acceptors (Lipinski definition) is 4. The monoisotopic (exact) mass is 381 g/mol. The molecule has 5 nitrogen and oxygen atoms in total. The predicted molar refractivity (Wildman–Crippen MR) is 107 cm³/mol. The zero-order valence-corrected chi connectivity index (χ0v) is 16.6. The van der Waals surface area contributed by atoms with Crippen LogP contribution in [0.5, 0.6) is 5.75 Å². The Labute approximate surface area is 163 Å². The van der Waals surface area contributed by atoms with Gasteiger partial charge in [0.2, 0.25) is 5.91 Å². The van der Waals surface area contributed by atoms with E-state index in [4.69, 9.17) is 4.74 Å². The van der Waals surface area contributed by atoms with E-state index in [0.717, 1.165) is 82.7 Å². The Morgan fingerprint density at radius 3 is 2.69 bits per heavy atom. The van der Waals surface area contributed by atoms with E-state index in [0.29, 0.717) is 0 Å². The third-order valence-electron chi connectivity index (χ3n) is 5.66. The Bertz CT molecular complexity index is 570. The van der Waals surface area contributed by atoms with Crippen LogP contribution >= 0.6 is 12.4 Å². The number of halogens is 1. The molecule has 146 valence electrons. The predicted octanol–water partition coefficient (Wildman–Crippen LogP) is 2.34. The molecule has 3 rings (SSSR count). The molecule has 0 bridgehead atoms. The molecule has 0 aromatic heterocycles. The van der Waals surface area contributed by atoms with Crippen LogP contribution < -0.4 is 15.4 Å². The van der Waals surface area contributed by atoms with E-state index in [9.17, 15) is 4.79 Å². The Morgan fingerprint density at radius 2 is 2.00 bits per heavy atom. The first-order chi connectivity index (χ1) is 12.2. The fraction of sp³-hybridized carbons (Fsp3) is 0.650. The lowest BCUT2D eigenvalue weighted by molar-refractivity contribution is -0.126. The van der Waals surface area contributed by atoms with E-state index >= 15 is 0 Å². The molecule has 0 spiro atoms. The maximum Gasteiger partial charge on any atom is 0.230 e. The maximum absolute atomic E-state index is 13.0. The van der Waals surface area contributed by atoms with Crippen molar-refractivity contribution in [2.45, 2.75) is 37.5 Å². The fourth-order valence-corrected chi connectivity index (χ4v) is 4.15. The van der Waals surface area contributed by atoms with Crippen molar-refractivity contribution in [2.75, 3.05) is 46.4 Å². The molecule has 1 aromatic carbocycles. The van der Waals surface area contributed by atoms with Gasteiger partial charge in [-0.1, -0.05) is 25.0 Å². The molecule has 2 fully saturated rings. The number of rotatable bonds is 7. The molecule has 6 heteroatoms. The number of nitrogens with zero attached hydrogens (tertiary/aromatic N) is 1. The number of nitrogens with one attached hydrogen (secondary N) is 2. The van der Waals surface area contributed by atoms with Crippen LogP contribution in [0.4, 0.5) is 0 Å². The second kappa shape index (κ2) is 10.1. The van der Waals surface area contributed by atoms with Gasteiger partial charge in [0.25, 0.3) is 0 Å². The molecular weight excluding hydrogens is 350 g/mol. The Morgan fingerprint density at radius 1 is 1.27 bits per heavy atom. The van der Waals surface area contributed by atoms with Gasteiger partial charge < -0.3 is 20.3 Å². The number of ether oxygens (including phenoxy) is 1. The van der Waals surface area contributed by atoms with Gasteiger partial charge in [-0.15, -0.1) is 12.4 Å². The van der Waals surface area contributed by atoms with Crippen molar-refractivity contribution < 1.29 is 9.53 Å². The standard InChI is InChI=1S/C20H31N3O2.ClH/c1-25-18-7-4-6-17(16-18)20(8-2-3-9-20)19(24)22-10-5-13-23-14-11-21-12-15-23;/h4,6-7,16,21H,2-3,5,8-15H2,1H3,(H,22,24);1H. The first-order valence-corrected chi connectivity index (χ1v) is 9.60. The average Bonchev–Trinajstić information content (AvgIpc) is 3.17. The molecule has 1 aliphatic carbocycles. The number of methoxy groups -OCH3 is 1. The highest BCUT2D eigenvalue weighted by Gasteiger charge is 2.42. The van der Waals surface area contributed by atoms with Crippen molar-refractivity contribution in [2.24, 2.45) is 0 Å². The maximum atomic E-state index is 13.0. The number of piperazine rings is 1. The molecule has 2 N–H and O–H groups in total. The van der Waals surface area contributed by atoms with Crippen LogP contribution in [0.15, 0.2) is 24.3 Å². The van der Waals surface area contributed by atoms with Crippen molar-refractivity contribution in [3.8, 4) is 5.75 Å². The summed E-state index contributed by atoms with van der Waals surface area (Å²) in [5.41, 5.74) is 0.729. The van der Waals surface area contributed by atoms with Crippen LogP contribution in [-0.4, -0.2) is 57.2 Å². The molecule has 1 aliphatic heterocycles. The molecule has 1 aromatic rings. The van der Waals surface area contributed by atoms with Crippen LogP contribution in [0.25, 0.3) is 0 Å². The molecule has 0 unspecified atom stereocenters. The van der Waals surface area contributed by atoms with Crippen molar-refractivity contribution in [1.29, 1.82) is 0 Å². The lowest BCUT2D eigenvalue weighted by Crippen LogP contribution is -2.45. The van der Waals surface area contributed by atoms with Crippen molar-refractivity contribution >= 4 is 18.3 Å². The van der Waals surface area contributed by atoms with E-state index < -0.39 is 0 Å². The molecule has 1 amide bonds. The largest absolute Gasteiger partial charge is 0.497 e. The fourth-order valence-electron chi connectivity index (χ4n) is 4.15. The van der Waals surface area contributed by atoms with Crippen molar-refractivity contribution in [3.63, 3.8) is 0 Å². The third kappa shape index (κ3) is 4.90. The summed E-state index contributed by atoms with van der Waals surface area (Å²) in [4.78, 5) is 15.5. The minimum absolute atomic E-state index is 0.